The van der Waals surface area contributed by atoms with Crippen molar-refractivity contribution in [2.75, 3.05) is 19.0 Å². The number of nitrogens with zero attached hydrogens (tertiary/aromatic N) is 2. The smallest absolute Gasteiger partial charge is 0.278 e. The molecule has 0 atom stereocenters. The predicted molar refractivity (Wildman–Crippen MR) is 74.0 cm³/mol. The van der Waals surface area contributed by atoms with Gasteiger partial charge in [-0.3, -0.25) is 10.1 Å². The Hall–Kier alpha value is -2.15. The van der Waals surface area contributed by atoms with Crippen LogP contribution in [0.2, 0.25) is 0 Å². The molecule has 0 aromatic carbocycles. The van der Waals surface area contributed by atoms with Crippen LogP contribution in [0.1, 0.15) is 4.88 Å². The zero-order chi connectivity index (χ0) is 13.7. The third kappa shape index (κ3) is 3.65. The van der Waals surface area contributed by atoms with Crippen LogP contribution in [0.5, 0.6) is 5.88 Å². The number of ether oxygens (including phenoxy) is 1. The van der Waals surface area contributed by atoms with Crippen molar-refractivity contribution in [1.29, 1.82) is 0 Å². The molecular formula is C12H13N3O3S. The van der Waals surface area contributed by atoms with E-state index in [1.54, 1.807) is 18.4 Å². The van der Waals surface area contributed by atoms with Crippen molar-refractivity contribution in [1.82, 2.24) is 4.98 Å². The van der Waals surface area contributed by atoms with E-state index in [1.165, 1.54) is 17.0 Å². The van der Waals surface area contributed by atoms with E-state index in [1.807, 2.05) is 17.5 Å². The fourth-order valence-electron chi connectivity index (χ4n) is 1.51. The zero-order valence-corrected chi connectivity index (χ0v) is 11.1. The summed E-state index contributed by atoms with van der Waals surface area (Å²) in [6.45, 7) is 0.442. The molecule has 0 radical (unpaired) electrons. The van der Waals surface area contributed by atoms with Gasteiger partial charge in [0.1, 0.15) is 5.82 Å². The highest BCUT2D eigenvalue weighted by molar-refractivity contribution is 7.09. The number of anilines is 1. The molecule has 2 aromatic heterocycles. The van der Waals surface area contributed by atoms with Gasteiger partial charge >= 0.3 is 0 Å². The van der Waals surface area contributed by atoms with Crippen LogP contribution >= 0.6 is 11.3 Å². The normalized spacial score (nSPS) is 10.2. The molecule has 0 aliphatic carbocycles. The molecule has 0 aliphatic rings. The molecule has 0 bridgehead atoms. The van der Waals surface area contributed by atoms with E-state index >= 15 is 0 Å². The van der Waals surface area contributed by atoms with Crippen LogP contribution in [0.3, 0.4) is 0 Å². The zero-order valence-electron chi connectivity index (χ0n) is 10.3. The maximum absolute atomic E-state index is 10.8. The first-order valence-electron chi connectivity index (χ1n) is 5.68. The second-order valence-electron chi connectivity index (χ2n) is 3.73. The van der Waals surface area contributed by atoms with Crippen LogP contribution < -0.4 is 10.1 Å². The molecule has 0 saturated heterocycles. The molecule has 7 heteroatoms. The summed E-state index contributed by atoms with van der Waals surface area (Å²) in [6.07, 6.45) is 0.761. The Morgan fingerprint density at radius 2 is 2.37 bits per heavy atom. The van der Waals surface area contributed by atoms with E-state index in [0.29, 0.717) is 12.4 Å². The highest BCUT2D eigenvalue weighted by Gasteiger charge is 2.11. The van der Waals surface area contributed by atoms with E-state index in [2.05, 4.69) is 10.3 Å². The number of nitro groups is 1. The van der Waals surface area contributed by atoms with Crippen molar-refractivity contribution >= 4 is 22.8 Å². The molecule has 6 nitrogen and oxygen atoms in total. The summed E-state index contributed by atoms with van der Waals surface area (Å²) in [4.78, 5) is 15.6. The Labute approximate surface area is 114 Å². The highest BCUT2D eigenvalue weighted by atomic mass is 32.1. The third-order valence-electron chi connectivity index (χ3n) is 2.43. The second-order valence-corrected chi connectivity index (χ2v) is 4.77. The molecule has 0 aliphatic heterocycles. The quantitative estimate of drug-likeness (QED) is 0.649. The monoisotopic (exact) mass is 279 g/mol. The minimum Gasteiger partial charge on any atom is -0.477 e. The Kier molecular flexibility index (Phi) is 4.30. The lowest BCUT2D eigenvalue weighted by atomic mass is 10.3. The summed E-state index contributed by atoms with van der Waals surface area (Å²) in [5.74, 6) is 0.676. The highest BCUT2D eigenvalue weighted by Crippen LogP contribution is 2.22. The average molecular weight is 279 g/mol. The molecule has 100 valence electrons. The van der Waals surface area contributed by atoms with E-state index in [9.17, 15) is 10.1 Å². The fourth-order valence-corrected chi connectivity index (χ4v) is 2.20. The van der Waals surface area contributed by atoms with Gasteiger partial charge in [-0.05, 0) is 11.4 Å². The fraction of sp³-hybridized carbons (Fsp3) is 0.250. The van der Waals surface area contributed by atoms with Gasteiger partial charge in [-0.15, -0.1) is 11.3 Å². The van der Waals surface area contributed by atoms with Crippen LogP contribution in [-0.2, 0) is 6.42 Å². The molecule has 2 rings (SSSR count). The van der Waals surface area contributed by atoms with Crippen molar-refractivity contribution in [2.45, 2.75) is 6.42 Å². The minimum absolute atomic E-state index is 0.0366. The maximum Gasteiger partial charge on any atom is 0.278 e. The van der Waals surface area contributed by atoms with Crippen LogP contribution in [0.15, 0.2) is 29.6 Å². The standard InChI is InChI=1S/C12H13N3O3S/c1-13-11-7-9(15(16)17)8-12(14-11)18-5-4-10-3-2-6-19-10/h2-3,6-8H,4-5H2,1H3,(H,13,14). The number of hydrogen-bond acceptors (Lipinski definition) is 6. The first-order chi connectivity index (χ1) is 9.19. The number of hydrogen-bond donors (Lipinski definition) is 1. The number of rotatable bonds is 6. The Morgan fingerprint density at radius 1 is 1.53 bits per heavy atom. The van der Waals surface area contributed by atoms with Crippen molar-refractivity contribution in [3.05, 3.63) is 44.6 Å². The van der Waals surface area contributed by atoms with Crippen LogP contribution in [0.25, 0.3) is 0 Å². The molecule has 0 spiro atoms. The second kappa shape index (κ2) is 6.14. The Morgan fingerprint density at radius 3 is 3.00 bits per heavy atom. The van der Waals surface area contributed by atoms with Gasteiger partial charge in [0.25, 0.3) is 5.69 Å². The Bertz CT molecular complexity index is 557. The molecule has 2 aromatic rings. The van der Waals surface area contributed by atoms with E-state index in [4.69, 9.17) is 4.74 Å². The van der Waals surface area contributed by atoms with Crippen molar-refractivity contribution < 1.29 is 9.66 Å². The van der Waals surface area contributed by atoms with Gasteiger partial charge < -0.3 is 10.1 Å². The van der Waals surface area contributed by atoms with Gasteiger partial charge in [0, 0.05) is 18.3 Å². The lowest BCUT2D eigenvalue weighted by molar-refractivity contribution is -0.384. The lowest BCUT2D eigenvalue weighted by Crippen LogP contribution is -2.04. The summed E-state index contributed by atoms with van der Waals surface area (Å²) in [6, 6.07) is 6.69. The summed E-state index contributed by atoms with van der Waals surface area (Å²) < 4.78 is 5.46. The van der Waals surface area contributed by atoms with Crippen molar-refractivity contribution in [3.8, 4) is 5.88 Å². The number of aromatic nitrogens is 1. The topological polar surface area (TPSA) is 77.3 Å². The van der Waals surface area contributed by atoms with Gasteiger partial charge in [-0.2, -0.15) is 4.98 Å². The minimum atomic E-state index is -0.464. The molecule has 1 N–H and O–H groups in total. The summed E-state index contributed by atoms with van der Waals surface area (Å²) in [5.41, 5.74) is -0.0366. The third-order valence-corrected chi connectivity index (χ3v) is 3.37. The number of nitrogens with one attached hydrogen (secondary N) is 1. The lowest BCUT2D eigenvalue weighted by Gasteiger charge is -2.06. The van der Waals surface area contributed by atoms with Crippen LogP contribution in [0, 0.1) is 10.1 Å². The summed E-state index contributed by atoms with van der Waals surface area (Å²) >= 11 is 1.65. The first kappa shape index (κ1) is 13.3. The molecular weight excluding hydrogens is 266 g/mol. The summed E-state index contributed by atoms with van der Waals surface area (Å²) in [5, 5.41) is 15.6. The van der Waals surface area contributed by atoms with Crippen LogP contribution in [-0.4, -0.2) is 23.6 Å². The van der Waals surface area contributed by atoms with E-state index in [-0.39, 0.29) is 11.6 Å². The SMILES string of the molecule is CNc1cc([N+](=O)[O-])cc(OCCc2cccs2)n1. The van der Waals surface area contributed by atoms with E-state index in [0.717, 1.165) is 6.42 Å². The molecule has 2 heterocycles. The van der Waals surface area contributed by atoms with Crippen LogP contribution in [0.4, 0.5) is 11.5 Å². The molecule has 0 saturated carbocycles. The van der Waals surface area contributed by atoms with Gasteiger partial charge in [0.15, 0.2) is 0 Å². The van der Waals surface area contributed by atoms with Crippen molar-refractivity contribution in [2.24, 2.45) is 0 Å². The summed E-state index contributed by atoms with van der Waals surface area (Å²) in [7, 11) is 1.65. The first-order valence-corrected chi connectivity index (χ1v) is 6.56. The molecule has 19 heavy (non-hydrogen) atoms. The maximum atomic E-state index is 10.8. The van der Waals surface area contributed by atoms with Gasteiger partial charge in [0.2, 0.25) is 5.88 Å². The largest absolute Gasteiger partial charge is 0.477 e. The average Bonchev–Trinajstić information content (AvgIpc) is 2.91. The number of pyridine rings is 1. The van der Waals surface area contributed by atoms with Gasteiger partial charge in [-0.25, -0.2) is 0 Å². The van der Waals surface area contributed by atoms with Gasteiger partial charge in [0.05, 0.1) is 23.7 Å². The Balaban J connectivity index is 2.02. The van der Waals surface area contributed by atoms with Gasteiger partial charge in [-0.1, -0.05) is 6.07 Å². The van der Waals surface area contributed by atoms with E-state index < -0.39 is 4.92 Å². The predicted octanol–water partition coefficient (Wildman–Crippen LogP) is 2.71. The molecule has 0 unspecified atom stereocenters. The number of thiophene rings is 1. The molecule has 0 fully saturated rings. The van der Waals surface area contributed by atoms with Crippen molar-refractivity contribution in [3.63, 3.8) is 0 Å². The molecule has 0 amide bonds.